The van der Waals surface area contributed by atoms with Crippen molar-refractivity contribution in [3.8, 4) is 0 Å². The highest BCUT2D eigenvalue weighted by Gasteiger charge is 2.50. The molecule has 0 aromatic rings. The van der Waals surface area contributed by atoms with E-state index < -0.39 is 11.9 Å². The smallest absolute Gasteiger partial charge is 0.308 e. The lowest BCUT2D eigenvalue weighted by molar-refractivity contribution is -0.153. The van der Waals surface area contributed by atoms with Crippen LogP contribution in [0.25, 0.3) is 0 Å². The van der Waals surface area contributed by atoms with Crippen molar-refractivity contribution in [1.29, 1.82) is 0 Å². The largest absolute Gasteiger partial charge is 0.469 e. The zero-order chi connectivity index (χ0) is 11.9. The van der Waals surface area contributed by atoms with Crippen molar-refractivity contribution in [2.75, 3.05) is 7.11 Å². The lowest BCUT2D eigenvalue weighted by Crippen LogP contribution is -2.44. The summed E-state index contributed by atoms with van der Waals surface area (Å²) in [6, 6.07) is 0. The average Bonchev–Trinajstić information content (AvgIpc) is 2.52. The summed E-state index contributed by atoms with van der Waals surface area (Å²) < 4.78 is 16.0. The molecule has 0 aromatic heterocycles. The van der Waals surface area contributed by atoms with Crippen LogP contribution in [-0.4, -0.2) is 42.3 Å². The highest BCUT2D eigenvalue weighted by molar-refractivity contribution is 5.72. The number of aliphatic hydroxyl groups is 1. The van der Waals surface area contributed by atoms with Gasteiger partial charge in [-0.15, -0.1) is 0 Å². The summed E-state index contributed by atoms with van der Waals surface area (Å²) in [6.07, 6.45) is -0.270. The van der Waals surface area contributed by atoms with Gasteiger partial charge in [0.25, 0.3) is 0 Å². The second-order valence-electron chi connectivity index (χ2n) is 4.90. The van der Waals surface area contributed by atoms with E-state index >= 15 is 0 Å². The summed E-state index contributed by atoms with van der Waals surface area (Å²) in [4.78, 5) is 11.4. The van der Waals surface area contributed by atoms with E-state index in [2.05, 4.69) is 0 Å². The molecule has 1 aliphatic heterocycles. The molecular weight excluding hydrogens is 212 g/mol. The molecule has 1 saturated heterocycles. The minimum absolute atomic E-state index is 0.220. The van der Waals surface area contributed by atoms with Crippen LogP contribution in [-0.2, 0) is 19.0 Å². The Morgan fingerprint density at radius 3 is 2.69 bits per heavy atom. The van der Waals surface area contributed by atoms with Gasteiger partial charge in [0.2, 0.25) is 0 Å². The zero-order valence-corrected chi connectivity index (χ0v) is 9.80. The Morgan fingerprint density at radius 2 is 2.06 bits per heavy atom. The molecule has 2 fully saturated rings. The van der Waals surface area contributed by atoms with E-state index in [1.54, 1.807) is 0 Å². The molecule has 4 atom stereocenters. The number of ether oxygens (including phenoxy) is 3. The highest BCUT2D eigenvalue weighted by atomic mass is 16.8. The quantitative estimate of drug-likeness (QED) is 0.662. The molecule has 0 radical (unpaired) electrons. The summed E-state index contributed by atoms with van der Waals surface area (Å²) in [7, 11) is 1.36. The molecule has 0 aromatic carbocycles. The summed E-state index contributed by atoms with van der Waals surface area (Å²) in [5.74, 6) is -1.26. The standard InChI is InChI=1S/C11H18O5/c1-11(2)15-8-5-6(10(13)14-3)4-7(12)9(8)16-11/h6-9,12H,4-5H2,1-3H3/t6-,7+,8?,9+/m1/s1. The van der Waals surface area contributed by atoms with Crippen LogP contribution in [0.3, 0.4) is 0 Å². The van der Waals surface area contributed by atoms with E-state index in [0.29, 0.717) is 12.8 Å². The Morgan fingerprint density at radius 1 is 1.38 bits per heavy atom. The SMILES string of the molecule is COC(=O)[C@H]1CC2OC(C)(C)O[C@H]2[C@@H](O)C1. The number of esters is 1. The van der Waals surface area contributed by atoms with Crippen molar-refractivity contribution in [2.45, 2.75) is 50.8 Å². The van der Waals surface area contributed by atoms with Gasteiger partial charge in [0, 0.05) is 0 Å². The van der Waals surface area contributed by atoms with Crippen LogP contribution >= 0.6 is 0 Å². The number of rotatable bonds is 1. The molecule has 0 amide bonds. The van der Waals surface area contributed by atoms with Crippen molar-refractivity contribution >= 4 is 5.97 Å². The summed E-state index contributed by atoms with van der Waals surface area (Å²) in [5, 5.41) is 9.91. The maximum atomic E-state index is 11.4. The van der Waals surface area contributed by atoms with Gasteiger partial charge >= 0.3 is 5.97 Å². The third kappa shape index (κ3) is 2.07. The number of methoxy groups -OCH3 is 1. The minimum atomic E-state index is -0.679. The number of carbonyl (C=O) groups is 1. The Kier molecular flexibility index (Phi) is 2.94. The normalized spacial score (nSPS) is 41.5. The third-order valence-corrected chi connectivity index (χ3v) is 3.18. The third-order valence-electron chi connectivity index (χ3n) is 3.18. The van der Waals surface area contributed by atoms with Gasteiger partial charge < -0.3 is 19.3 Å². The second-order valence-corrected chi connectivity index (χ2v) is 4.90. The van der Waals surface area contributed by atoms with Crippen LogP contribution in [0.1, 0.15) is 26.7 Å². The van der Waals surface area contributed by atoms with Crippen LogP contribution in [0.5, 0.6) is 0 Å². The molecule has 1 heterocycles. The van der Waals surface area contributed by atoms with Crippen molar-refractivity contribution in [3.05, 3.63) is 0 Å². The van der Waals surface area contributed by atoms with Gasteiger partial charge in [0.1, 0.15) is 6.10 Å². The topological polar surface area (TPSA) is 65.0 Å². The highest BCUT2D eigenvalue weighted by Crippen LogP contribution is 2.39. The first-order valence-electron chi connectivity index (χ1n) is 5.54. The summed E-state index contributed by atoms with van der Waals surface area (Å²) in [6.45, 7) is 3.62. The molecule has 16 heavy (non-hydrogen) atoms. The predicted octanol–water partition coefficient (Wildman–Crippen LogP) is 0.450. The monoisotopic (exact) mass is 230 g/mol. The molecule has 1 saturated carbocycles. The van der Waals surface area contributed by atoms with E-state index in [9.17, 15) is 9.90 Å². The number of hydrogen-bond donors (Lipinski definition) is 1. The molecule has 1 N–H and O–H groups in total. The van der Waals surface area contributed by atoms with Gasteiger partial charge in [-0.05, 0) is 26.7 Å². The number of carbonyl (C=O) groups excluding carboxylic acids is 1. The molecule has 2 rings (SSSR count). The van der Waals surface area contributed by atoms with Crippen LogP contribution in [0, 0.1) is 5.92 Å². The molecule has 5 heteroatoms. The number of fused-ring (bicyclic) bond motifs is 1. The number of hydrogen-bond acceptors (Lipinski definition) is 5. The van der Waals surface area contributed by atoms with Crippen LogP contribution < -0.4 is 0 Å². The van der Waals surface area contributed by atoms with Crippen molar-refractivity contribution in [3.63, 3.8) is 0 Å². The zero-order valence-electron chi connectivity index (χ0n) is 9.80. The lowest BCUT2D eigenvalue weighted by atomic mass is 9.83. The molecule has 5 nitrogen and oxygen atoms in total. The minimum Gasteiger partial charge on any atom is -0.469 e. The molecule has 1 unspecified atom stereocenters. The van der Waals surface area contributed by atoms with Crippen LogP contribution in [0.2, 0.25) is 0 Å². The van der Waals surface area contributed by atoms with Crippen molar-refractivity contribution in [1.82, 2.24) is 0 Å². The Bertz CT molecular complexity index is 288. The fourth-order valence-corrected chi connectivity index (χ4v) is 2.53. The molecule has 1 aliphatic carbocycles. The number of aliphatic hydroxyl groups excluding tert-OH is 1. The first kappa shape index (κ1) is 11.8. The van der Waals surface area contributed by atoms with Gasteiger partial charge in [-0.2, -0.15) is 0 Å². The Labute approximate surface area is 94.7 Å². The van der Waals surface area contributed by atoms with E-state index in [0.717, 1.165) is 0 Å². The maximum absolute atomic E-state index is 11.4. The van der Waals surface area contributed by atoms with Gasteiger partial charge in [0.05, 0.1) is 25.2 Å². The lowest BCUT2D eigenvalue weighted by Gasteiger charge is -2.31. The van der Waals surface area contributed by atoms with Crippen LogP contribution in [0.4, 0.5) is 0 Å². The molecule has 2 aliphatic rings. The van der Waals surface area contributed by atoms with E-state index in [1.165, 1.54) is 7.11 Å². The first-order chi connectivity index (χ1) is 7.43. The van der Waals surface area contributed by atoms with E-state index in [1.807, 2.05) is 13.8 Å². The average molecular weight is 230 g/mol. The van der Waals surface area contributed by atoms with Gasteiger partial charge in [0.15, 0.2) is 5.79 Å². The summed E-state index contributed by atoms with van der Waals surface area (Å²) >= 11 is 0. The van der Waals surface area contributed by atoms with Gasteiger partial charge in [-0.3, -0.25) is 4.79 Å². The van der Waals surface area contributed by atoms with Gasteiger partial charge in [-0.1, -0.05) is 0 Å². The predicted molar refractivity (Wildman–Crippen MR) is 54.6 cm³/mol. The fourth-order valence-electron chi connectivity index (χ4n) is 2.53. The second kappa shape index (κ2) is 3.98. The molecule has 0 bridgehead atoms. The Hall–Kier alpha value is -0.650. The molecule has 0 spiro atoms. The van der Waals surface area contributed by atoms with Gasteiger partial charge in [-0.25, -0.2) is 0 Å². The molecule has 92 valence electrons. The first-order valence-corrected chi connectivity index (χ1v) is 5.54. The fraction of sp³-hybridized carbons (Fsp3) is 0.909. The van der Waals surface area contributed by atoms with E-state index in [4.69, 9.17) is 14.2 Å². The van der Waals surface area contributed by atoms with Crippen LogP contribution in [0.15, 0.2) is 0 Å². The van der Waals surface area contributed by atoms with Crippen molar-refractivity contribution < 1.29 is 24.1 Å². The van der Waals surface area contributed by atoms with E-state index in [-0.39, 0.29) is 24.1 Å². The maximum Gasteiger partial charge on any atom is 0.308 e. The molecular formula is C11H18O5. The Balaban J connectivity index is 2.07. The summed E-state index contributed by atoms with van der Waals surface area (Å²) in [5.41, 5.74) is 0. The van der Waals surface area contributed by atoms with Crippen molar-refractivity contribution in [2.24, 2.45) is 5.92 Å².